The maximum Gasteiger partial charge on any atom is 0.138 e. The molecule has 0 spiro atoms. The molecule has 1 aliphatic heterocycles. The van der Waals surface area contributed by atoms with Crippen LogP contribution >= 0.6 is 0 Å². The highest BCUT2D eigenvalue weighted by molar-refractivity contribution is 5.20. The summed E-state index contributed by atoms with van der Waals surface area (Å²) >= 11 is 0. The Hall–Kier alpha value is -1.09. The van der Waals surface area contributed by atoms with Crippen LogP contribution in [0.25, 0.3) is 0 Å². The zero-order valence-corrected chi connectivity index (χ0v) is 9.20. The van der Waals surface area contributed by atoms with Crippen molar-refractivity contribution >= 4 is 0 Å². The van der Waals surface area contributed by atoms with Crippen molar-refractivity contribution in [1.82, 2.24) is 10.3 Å². The summed E-state index contributed by atoms with van der Waals surface area (Å²) in [4.78, 5) is 4.32. The molecule has 1 N–H and O–H groups in total. The van der Waals surface area contributed by atoms with Crippen LogP contribution < -0.4 is 10.1 Å². The molecule has 0 atom stereocenters. The van der Waals surface area contributed by atoms with Crippen molar-refractivity contribution in [3.63, 3.8) is 0 Å². The first-order chi connectivity index (χ1) is 7.38. The van der Waals surface area contributed by atoms with Gasteiger partial charge < -0.3 is 10.1 Å². The molecule has 1 aromatic rings. The topological polar surface area (TPSA) is 34.1 Å². The quantitative estimate of drug-likeness (QED) is 0.818. The van der Waals surface area contributed by atoms with E-state index in [1.54, 1.807) is 0 Å². The molecule has 3 heteroatoms. The summed E-state index contributed by atoms with van der Waals surface area (Å²) in [5, 5.41) is 3.32. The van der Waals surface area contributed by atoms with Crippen molar-refractivity contribution in [2.45, 2.75) is 32.3 Å². The van der Waals surface area contributed by atoms with Gasteiger partial charge in [-0.05, 0) is 44.5 Å². The average Bonchev–Trinajstić information content (AvgIpc) is 2.31. The molecule has 0 radical (unpaired) electrons. The van der Waals surface area contributed by atoms with E-state index in [0.717, 1.165) is 43.8 Å². The lowest BCUT2D eigenvalue weighted by Crippen LogP contribution is -2.34. The molecule has 2 rings (SSSR count). The van der Waals surface area contributed by atoms with Crippen molar-refractivity contribution in [2.75, 3.05) is 13.1 Å². The van der Waals surface area contributed by atoms with Gasteiger partial charge in [-0.3, -0.25) is 4.98 Å². The van der Waals surface area contributed by atoms with Crippen LogP contribution in [0.15, 0.2) is 18.3 Å². The number of nitrogens with zero attached hydrogens (tertiary/aromatic N) is 1. The van der Waals surface area contributed by atoms with Crippen molar-refractivity contribution in [3.8, 4) is 5.75 Å². The standard InChI is InChI=1S/C12H18N2O/c1-2-10-3-4-12(9-14-10)15-11-5-7-13-8-6-11/h3-4,9,11,13H,2,5-8H2,1H3. The van der Waals surface area contributed by atoms with Crippen molar-refractivity contribution < 1.29 is 4.74 Å². The Balaban J connectivity index is 1.91. The number of hydrogen-bond donors (Lipinski definition) is 1. The molecule has 0 saturated carbocycles. The summed E-state index contributed by atoms with van der Waals surface area (Å²) in [5.41, 5.74) is 1.12. The zero-order valence-electron chi connectivity index (χ0n) is 9.20. The Morgan fingerprint density at radius 2 is 2.20 bits per heavy atom. The fourth-order valence-corrected chi connectivity index (χ4v) is 1.80. The van der Waals surface area contributed by atoms with Crippen LogP contribution in [0.2, 0.25) is 0 Å². The van der Waals surface area contributed by atoms with Crippen LogP contribution in [0.5, 0.6) is 5.75 Å². The molecule has 1 aliphatic rings. The zero-order chi connectivity index (χ0) is 10.5. The van der Waals surface area contributed by atoms with Gasteiger partial charge in [-0.25, -0.2) is 0 Å². The molecule has 2 heterocycles. The monoisotopic (exact) mass is 206 g/mol. The summed E-state index contributed by atoms with van der Waals surface area (Å²) in [6, 6.07) is 4.06. The van der Waals surface area contributed by atoms with Crippen molar-refractivity contribution in [3.05, 3.63) is 24.0 Å². The van der Waals surface area contributed by atoms with Gasteiger partial charge in [0.1, 0.15) is 11.9 Å². The minimum Gasteiger partial charge on any atom is -0.489 e. The second-order valence-corrected chi connectivity index (χ2v) is 3.91. The van der Waals surface area contributed by atoms with Gasteiger partial charge >= 0.3 is 0 Å². The maximum absolute atomic E-state index is 5.85. The van der Waals surface area contributed by atoms with Gasteiger partial charge in [0.05, 0.1) is 6.20 Å². The number of aromatic nitrogens is 1. The van der Waals surface area contributed by atoms with Gasteiger partial charge in [0.2, 0.25) is 0 Å². The van der Waals surface area contributed by atoms with E-state index in [4.69, 9.17) is 4.74 Å². The first-order valence-corrected chi connectivity index (χ1v) is 5.71. The minimum absolute atomic E-state index is 0.362. The van der Waals surface area contributed by atoms with Gasteiger partial charge in [0.15, 0.2) is 0 Å². The third-order valence-electron chi connectivity index (χ3n) is 2.75. The number of rotatable bonds is 3. The minimum atomic E-state index is 0.362. The third-order valence-corrected chi connectivity index (χ3v) is 2.75. The summed E-state index contributed by atoms with van der Waals surface area (Å²) in [5.74, 6) is 0.902. The molecule has 1 saturated heterocycles. The van der Waals surface area contributed by atoms with Gasteiger partial charge in [0, 0.05) is 5.69 Å². The van der Waals surface area contributed by atoms with E-state index < -0.39 is 0 Å². The van der Waals surface area contributed by atoms with Crippen molar-refractivity contribution in [2.24, 2.45) is 0 Å². The van der Waals surface area contributed by atoms with E-state index in [1.165, 1.54) is 0 Å². The number of hydrogen-bond acceptors (Lipinski definition) is 3. The molecule has 82 valence electrons. The number of piperidine rings is 1. The second-order valence-electron chi connectivity index (χ2n) is 3.91. The van der Waals surface area contributed by atoms with Crippen LogP contribution in [0.3, 0.4) is 0 Å². The SMILES string of the molecule is CCc1ccc(OC2CCNCC2)cn1. The largest absolute Gasteiger partial charge is 0.489 e. The summed E-state index contributed by atoms with van der Waals surface area (Å²) in [6.45, 7) is 4.23. The van der Waals surface area contributed by atoms with Gasteiger partial charge in [-0.15, -0.1) is 0 Å². The highest BCUT2D eigenvalue weighted by Crippen LogP contribution is 2.15. The number of ether oxygens (including phenoxy) is 1. The average molecular weight is 206 g/mol. The van der Waals surface area contributed by atoms with E-state index >= 15 is 0 Å². The molecule has 0 bridgehead atoms. The van der Waals surface area contributed by atoms with Crippen LogP contribution in [0.1, 0.15) is 25.5 Å². The summed E-state index contributed by atoms with van der Waals surface area (Å²) in [6.07, 6.45) is 5.36. The predicted molar refractivity (Wildman–Crippen MR) is 60.1 cm³/mol. The smallest absolute Gasteiger partial charge is 0.138 e. The lowest BCUT2D eigenvalue weighted by molar-refractivity contribution is 0.162. The van der Waals surface area contributed by atoms with Gasteiger partial charge in [-0.2, -0.15) is 0 Å². The first-order valence-electron chi connectivity index (χ1n) is 5.71. The highest BCUT2D eigenvalue weighted by atomic mass is 16.5. The molecule has 15 heavy (non-hydrogen) atoms. The van der Waals surface area contributed by atoms with E-state index in [0.29, 0.717) is 6.10 Å². The normalized spacial score (nSPS) is 17.7. The Morgan fingerprint density at radius 3 is 2.80 bits per heavy atom. The molecule has 0 unspecified atom stereocenters. The Bertz CT molecular complexity index is 291. The molecule has 1 fully saturated rings. The van der Waals surface area contributed by atoms with Crippen LogP contribution in [0.4, 0.5) is 0 Å². The Kier molecular flexibility index (Phi) is 3.56. The van der Waals surface area contributed by atoms with Crippen LogP contribution in [-0.2, 0) is 6.42 Å². The fourth-order valence-electron chi connectivity index (χ4n) is 1.80. The lowest BCUT2D eigenvalue weighted by Gasteiger charge is -2.23. The van der Waals surface area contributed by atoms with E-state index in [1.807, 2.05) is 18.3 Å². The first kappa shape index (κ1) is 10.4. The molecule has 1 aromatic heterocycles. The lowest BCUT2D eigenvalue weighted by atomic mass is 10.1. The number of aryl methyl sites for hydroxylation is 1. The molecule has 3 nitrogen and oxygen atoms in total. The molecule has 0 aliphatic carbocycles. The fraction of sp³-hybridized carbons (Fsp3) is 0.583. The number of pyridine rings is 1. The van der Waals surface area contributed by atoms with E-state index in [9.17, 15) is 0 Å². The second kappa shape index (κ2) is 5.12. The maximum atomic E-state index is 5.85. The van der Waals surface area contributed by atoms with Gasteiger partial charge in [0.25, 0.3) is 0 Å². The van der Waals surface area contributed by atoms with Gasteiger partial charge in [-0.1, -0.05) is 6.92 Å². The van der Waals surface area contributed by atoms with E-state index in [-0.39, 0.29) is 0 Å². The molecular formula is C12H18N2O. The molecule has 0 amide bonds. The highest BCUT2D eigenvalue weighted by Gasteiger charge is 2.14. The Morgan fingerprint density at radius 1 is 1.40 bits per heavy atom. The van der Waals surface area contributed by atoms with Crippen molar-refractivity contribution in [1.29, 1.82) is 0 Å². The van der Waals surface area contributed by atoms with E-state index in [2.05, 4.69) is 17.2 Å². The summed E-state index contributed by atoms with van der Waals surface area (Å²) in [7, 11) is 0. The van der Waals surface area contributed by atoms with Crippen LogP contribution in [0, 0.1) is 0 Å². The summed E-state index contributed by atoms with van der Waals surface area (Å²) < 4.78 is 5.85. The Labute approximate surface area is 90.9 Å². The molecule has 0 aromatic carbocycles. The third kappa shape index (κ3) is 2.93. The molecular weight excluding hydrogens is 188 g/mol. The van der Waals surface area contributed by atoms with Crippen LogP contribution in [-0.4, -0.2) is 24.2 Å². The number of nitrogens with one attached hydrogen (secondary N) is 1. The predicted octanol–water partition coefficient (Wildman–Crippen LogP) is 1.77.